The lowest BCUT2D eigenvalue weighted by Gasteiger charge is -2.08. The Balaban J connectivity index is 1.96. The van der Waals surface area contributed by atoms with Gasteiger partial charge in [0.25, 0.3) is 0 Å². The quantitative estimate of drug-likeness (QED) is 0.625. The zero-order valence-corrected chi connectivity index (χ0v) is 13.7. The molecule has 10 heteroatoms. The molecule has 2 heterocycles. The third-order valence-electron chi connectivity index (χ3n) is 3.16. The summed E-state index contributed by atoms with van der Waals surface area (Å²) in [6.45, 7) is 1.78. The highest BCUT2D eigenvalue weighted by atomic mass is 79.9. The number of benzene rings is 1. The monoisotopic (exact) mass is 386 g/mol. The van der Waals surface area contributed by atoms with Crippen molar-refractivity contribution in [3.05, 3.63) is 44.6 Å². The Bertz CT molecular complexity index is 1000. The zero-order valence-electron chi connectivity index (χ0n) is 11.3. The molecule has 0 atom stereocenters. The molecule has 0 spiro atoms. The van der Waals surface area contributed by atoms with Crippen LogP contribution in [0, 0.1) is 6.92 Å². The van der Waals surface area contributed by atoms with Crippen LogP contribution in [-0.2, 0) is 16.6 Å². The van der Waals surface area contributed by atoms with Gasteiger partial charge in [-0.25, -0.2) is 17.9 Å². The lowest BCUT2D eigenvalue weighted by molar-refractivity contribution is 0.414. The van der Waals surface area contributed by atoms with E-state index >= 15 is 0 Å². The maximum atomic E-state index is 12.4. The first-order chi connectivity index (χ1) is 10.4. The van der Waals surface area contributed by atoms with E-state index in [9.17, 15) is 13.2 Å². The highest BCUT2D eigenvalue weighted by molar-refractivity contribution is 9.10. The van der Waals surface area contributed by atoms with E-state index in [2.05, 4.69) is 35.8 Å². The molecule has 8 nitrogen and oxygen atoms in total. The van der Waals surface area contributed by atoms with E-state index in [0.29, 0.717) is 26.8 Å². The van der Waals surface area contributed by atoms with Crippen LogP contribution in [0.4, 0.5) is 0 Å². The molecular weight excluding hydrogens is 376 g/mol. The SMILES string of the molecule is Cc1nocc1CNS(=O)(=O)c1cc2[nH]c(=O)[nH]c2cc1Br. The van der Waals surface area contributed by atoms with Crippen molar-refractivity contribution < 1.29 is 12.9 Å². The number of fused-ring (bicyclic) bond motifs is 1. The van der Waals surface area contributed by atoms with Crippen LogP contribution in [0.2, 0.25) is 0 Å². The summed E-state index contributed by atoms with van der Waals surface area (Å²) in [5.41, 5.74) is 1.80. The van der Waals surface area contributed by atoms with Gasteiger partial charge in [-0.3, -0.25) is 0 Å². The van der Waals surface area contributed by atoms with E-state index in [1.54, 1.807) is 6.92 Å². The largest absolute Gasteiger partial charge is 0.364 e. The van der Waals surface area contributed by atoms with E-state index < -0.39 is 15.7 Å². The van der Waals surface area contributed by atoms with Crippen LogP contribution in [0.25, 0.3) is 11.0 Å². The highest BCUT2D eigenvalue weighted by Crippen LogP contribution is 2.26. The molecule has 0 aliphatic heterocycles. The number of H-pyrrole nitrogens is 2. The number of aromatic amines is 2. The Morgan fingerprint density at radius 3 is 2.64 bits per heavy atom. The molecule has 0 radical (unpaired) electrons. The fourth-order valence-corrected chi connectivity index (χ4v) is 4.05. The van der Waals surface area contributed by atoms with Crippen molar-refractivity contribution in [2.75, 3.05) is 0 Å². The molecule has 2 aromatic heterocycles. The number of sulfonamides is 1. The van der Waals surface area contributed by atoms with Crippen LogP contribution in [0.3, 0.4) is 0 Å². The number of rotatable bonds is 4. The van der Waals surface area contributed by atoms with Gasteiger partial charge in [0, 0.05) is 16.6 Å². The first-order valence-corrected chi connectivity index (χ1v) is 8.45. The molecule has 0 fully saturated rings. The third-order valence-corrected chi connectivity index (χ3v) is 5.52. The number of imidazole rings is 1. The minimum absolute atomic E-state index is 0.0318. The Labute approximate surface area is 133 Å². The third kappa shape index (κ3) is 2.72. The molecule has 116 valence electrons. The Kier molecular flexibility index (Phi) is 3.67. The molecule has 22 heavy (non-hydrogen) atoms. The van der Waals surface area contributed by atoms with E-state index in [4.69, 9.17) is 4.52 Å². The average Bonchev–Trinajstić information content (AvgIpc) is 3.00. The maximum Gasteiger partial charge on any atom is 0.323 e. The molecule has 0 bridgehead atoms. The van der Waals surface area contributed by atoms with Gasteiger partial charge in [0.15, 0.2) is 0 Å². The van der Waals surface area contributed by atoms with Crippen molar-refractivity contribution in [1.82, 2.24) is 19.8 Å². The van der Waals surface area contributed by atoms with Gasteiger partial charge in [0.05, 0.1) is 21.6 Å². The summed E-state index contributed by atoms with van der Waals surface area (Å²) in [5, 5.41) is 3.69. The van der Waals surface area contributed by atoms with E-state index in [1.807, 2.05) is 0 Å². The first-order valence-electron chi connectivity index (χ1n) is 6.18. The number of nitrogens with one attached hydrogen (secondary N) is 3. The molecule has 0 amide bonds. The summed E-state index contributed by atoms with van der Waals surface area (Å²) in [5.74, 6) is 0. The van der Waals surface area contributed by atoms with Crippen molar-refractivity contribution in [2.45, 2.75) is 18.4 Å². The second-order valence-electron chi connectivity index (χ2n) is 4.66. The van der Waals surface area contributed by atoms with Crippen LogP contribution in [0.1, 0.15) is 11.3 Å². The van der Waals surface area contributed by atoms with Gasteiger partial charge < -0.3 is 14.5 Å². The van der Waals surface area contributed by atoms with Gasteiger partial charge in [-0.05, 0) is 35.0 Å². The molecule has 3 aromatic rings. The summed E-state index contributed by atoms with van der Waals surface area (Å²) in [6.07, 6.45) is 1.39. The first kappa shape index (κ1) is 15.0. The van der Waals surface area contributed by atoms with Crippen molar-refractivity contribution in [3.8, 4) is 0 Å². The molecule has 0 saturated carbocycles. The second-order valence-corrected chi connectivity index (χ2v) is 7.25. The van der Waals surface area contributed by atoms with Gasteiger partial charge in [-0.1, -0.05) is 5.16 Å². The summed E-state index contributed by atoms with van der Waals surface area (Å²) in [4.78, 5) is 16.4. The predicted molar refractivity (Wildman–Crippen MR) is 81.9 cm³/mol. The summed E-state index contributed by atoms with van der Waals surface area (Å²) < 4.78 is 32.4. The minimum atomic E-state index is -3.77. The standard InChI is InChI=1S/C12H11BrN4O4S/c1-6-7(5-21-17-6)4-14-22(19,20)11-3-10-9(2-8(11)13)15-12(18)16-10/h2-3,5,14H,4H2,1H3,(H2,15,16,18). The lowest BCUT2D eigenvalue weighted by atomic mass is 10.3. The summed E-state index contributed by atoms with van der Waals surface area (Å²) >= 11 is 3.21. The Morgan fingerprint density at radius 1 is 1.32 bits per heavy atom. The predicted octanol–water partition coefficient (Wildman–Crippen LogP) is 1.39. The zero-order chi connectivity index (χ0) is 15.9. The van der Waals surface area contributed by atoms with Crippen LogP contribution in [0.5, 0.6) is 0 Å². The lowest BCUT2D eigenvalue weighted by Crippen LogP contribution is -2.23. The van der Waals surface area contributed by atoms with E-state index in [-0.39, 0.29) is 11.4 Å². The number of aryl methyl sites for hydroxylation is 1. The number of aromatic nitrogens is 3. The fourth-order valence-electron chi connectivity index (χ4n) is 1.98. The normalized spacial score (nSPS) is 12.1. The van der Waals surface area contributed by atoms with E-state index in [0.717, 1.165) is 0 Å². The van der Waals surface area contributed by atoms with Gasteiger partial charge in [-0.15, -0.1) is 0 Å². The molecule has 1 aromatic carbocycles. The number of hydrogen-bond donors (Lipinski definition) is 3. The van der Waals surface area contributed by atoms with Crippen molar-refractivity contribution in [2.24, 2.45) is 0 Å². The summed E-state index contributed by atoms with van der Waals surface area (Å²) in [7, 11) is -3.77. The van der Waals surface area contributed by atoms with Crippen LogP contribution >= 0.6 is 15.9 Å². The molecule has 0 aliphatic carbocycles. The molecular formula is C12H11BrN4O4S. The average molecular weight is 387 g/mol. The molecule has 3 rings (SSSR count). The highest BCUT2D eigenvalue weighted by Gasteiger charge is 2.20. The Hall–Kier alpha value is -1.91. The Morgan fingerprint density at radius 2 is 2.00 bits per heavy atom. The van der Waals surface area contributed by atoms with Gasteiger partial charge in [0.2, 0.25) is 10.0 Å². The molecule has 0 unspecified atom stereocenters. The van der Waals surface area contributed by atoms with Crippen LogP contribution < -0.4 is 10.4 Å². The van der Waals surface area contributed by atoms with E-state index in [1.165, 1.54) is 18.4 Å². The van der Waals surface area contributed by atoms with Gasteiger partial charge in [-0.2, -0.15) is 0 Å². The van der Waals surface area contributed by atoms with Crippen molar-refractivity contribution >= 4 is 37.0 Å². The second kappa shape index (κ2) is 5.38. The minimum Gasteiger partial charge on any atom is -0.364 e. The maximum absolute atomic E-state index is 12.4. The topological polar surface area (TPSA) is 121 Å². The van der Waals surface area contributed by atoms with Crippen molar-refractivity contribution in [1.29, 1.82) is 0 Å². The molecule has 0 aliphatic rings. The molecule has 0 saturated heterocycles. The smallest absolute Gasteiger partial charge is 0.323 e. The van der Waals surface area contributed by atoms with Crippen LogP contribution in [-0.4, -0.2) is 23.5 Å². The fraction of sp³-hybridized carbons (Fsp3) is 0.167. The number of nitrogens with zero attached hydrogens (tertiary/aromatic N) is 1. The summed E-state index contributed by atoms with van der Waals surface area (Å²) in [6, 6.07) is 2.92. The van der Waals surface area contributed by atoms with Crippen molar-refractivity contribution in [3.63, 3.8) is 0 Å². The van der Waals surface area contributed by atoms with Gasteiger partial charge in [0.1, 0.15) is 6.26 Å². The molecule has 3 N–H and O–H groups in total. The van der Waals surface area contributed by atoms with Crippen LogP contribution in [0.15, 0.2) is 37.1 Å². The number of hydrogen-bond acceptors (Lipinski definition) is 5. The number of halogens is 1. The van der Waals surface area contributed by atoms with Gasteiger partial charge >= 0.3 is 5.69 Å².